The quantitative estimate of drug-likeness (QED) is 0.638. The fourth-order valence-electron chi connectivity index (χ4n) is 2.53. The van der Waals surface area contributed by atoms with Gasteiger partial charge < -0.3 is 24.8 Å². The van der Waals surface area contributed by atoms with Crippen molar-refractivity contribution in [1.29, 1.82) is 0 Å². The average Bonchev–Trinajstić information content (AvgIpc) is 2.63. The third kappa shape index (κ3) is 4.93. The first-order chi connectivity index (χ1) is 12.7. The lowest BCUT2D eigenvalue weighted by Gasteiger charge is -2.17. The van der Waals surface area contributed by atoms with Crippen molar-refractivity contribution in [2.24, 2.45) is 0 Å². The Labute approximate surface area is 155 Å². The topological polar surface area (TPSA) is 113 Å². The number of aliphatic hydroxyl groups is 2. The van der Waals surface area contributed by atoms with Crippen molar-refractivity contribution in [3.05, 3.63) is 41.2 Å². The van der Waals surface area contributed by atoms with Gasteiger partial charge in [0.1, 0.15) is 29.3 Å². The molecule has 2 rings (SSSR count). The number of hydrogen-bond acceptors (Lipinski definition) is 7. The number of carbonyl (C=O) groups excluding carboxylic acids is 2. The number of ketones is 1. The molecule has 0 spiro atoms. The maximum absolute atomic E-state index is 13.9. The highest BCUT2D eigenvalue weighted by atomic mass is 19.1. The highest BCUT2D eigenvalue weighted by Crippen LogP contribution is 2.30. The van der Waals surface area contributed by atoms with E-state index >= 15 is 0 Å². The van der Waals surface area contributed by atoms with Gasteiger partial charge in [-0.3, -0.25) is 4.79 Å². The summed E-state index contributed by atoms with van der Waals surface area (Å²) in [5, 5.41) is 29.9. The van der Waals surface area contributed by atoms with Gasteiger partial charge >= 0.3 is 5.97 Å². The molecule has 0 saturated carbocycles. The second-order valence-corrected chi connectivity index (χ2v) is 6.13. The molecule has 1 aromatic carbocycles. The van der Waals surface area contributed by atoms with Crippen molar-refractivity contribution in [3.8, 4) is 11.5 Å². The van der Waals surface area contributed by atoms with Crippen molar-refractivity contribution in [3.63, 3.8) is 0 Å². The molecule has 0 radical (unpaired) electrons. The number of aliphatic hydroxyl groups excluding tert-OH is 2. The number of aromatic hydroxyl groups is 1. The molecule has 146 valence electrons. The normalized spacial score (nSPS) is 25.7. The smallest absolute Gasteiger partial charge is 0.342 e. The van der Waals surface area contributed by atoms with Gasteiger partial charge in [0.15, 0.2) is 5.83 Å². The first-order valence-electron chi connectivity index (χ1n) is 8.29. The molecule has 3 N–H and O–H groups in total. The van der Waals surface area contributed by atoms with Crippen LogP contribution in [-0.4, -0.2) is 52.5 Å². The largest absolute Gasteiger partial charge is 0.507 e. The van der Waals surface area contributed by atoms with Crippen molar-refractivity contribution >= 4 is 17.8 Å². The molecule has 0 fully saturated rings. The summed E-state index contributed by atoms with van der Waals surface area (Å²) in [4.78, 5) is 24.2. The Kier molecular flexibility index (Phi) is 6.70. The SMILES string of the molecule is COc1cc(O)c2c(c1)/C=C/C[C@H](O)[C@H](O)C(=O)C(F)=CCC(C)OC2=O. The van der Waals surface area contributed by atoms with E-state index in [1.54, 1.807) is 0 Å². The predicted molar refractivity (Wildman–Crippen MR) is 94.0 cm³/mol. The second kappa shape index (κ2) is 8.79. The van der Waals surface area contributed by atoms with Gasteiger partial charge in [-0.1, -0.05) is 12.2 Å². The molecule has 0 aliphatic carbocycles. The summed E-state index contributed by atoms with van der Waals surface area (Å²) in [6.45, 7) is 1.49. The molecule has 1 aliphatic heterocycles. The van der Waals surface area contributed by atoms with Crippen LogP contribution in [0.1, 0.15) is 35.7 Å². The Morgan fingerprint density at radius 2 is 1.93 bits per heavy atom. The van der Waals surface area contributed by atoms with E-state index in [0.29, 0.717) is 5.75 Å². The minimum atomic E-state index is -1.93. The molecule has 0 bridgehead atoms. The van der Waals surface area contributed by atoms with Crippen molar-refractivity contribution in [1.82, 2.24) is 0 Å². The standard InChI is InChI=1S/C19H21FO7/c1-10-6-7-13(20)17(23)18(24)14(21)5-3-4-11-8-12(26-2)9-15(22)16(11)19(25)27-10/h3-4,7-10,14,18,21-22,24H,5-6H2,1-2H3/b4-3+,13-7?/t10?,14-,18-/m0/s1. The number of cyclic esters (lactones) is 1. The van der Waals surface area contributed by atoms with Crippen LogP contribution in [0.5, 0.6) is 11.5 Å². The van der Waals surface area contributed by atoms with Gasteiger partial charge in [-0.15, -0.1) is 0 Å². The molecular weight excluding hydrogens is 359 g/mol. The molecule has 1 unspecified atom stereocenters. The molecule has 3 atom stereocenters. The maximum atomic E-state index is 13.9. The number of ether oxygens (including phenoxy) is 2. The van der Waals surface area contributed by atoms with Gasteiger partial charge in [0, 0.05) is 12.5 Å². The molecule has 1 heterocycles. The number of halogens is 1. The van der Waals surface area contributed by atoms with Crippen LogP contribution < -0.4 is 4.74 Å². The number of phenolic OH excluding ortho intramolecular Hbond substituents is 1. The summed E-state index contributed by atoms with van der Waals surface area (Å²) in [6, 6.07) is 2.73. The number of Topliss-reactive ketones (excluding diaryl/α,β-unsaturated/α-hetero) is 1. The maximum Gasteiger partial charge on any atom is 0.342 e. The number of benzene rings is 1. The summed E-state index contributed by atoms with van der Waals surface area (Å²) in [7, 11) is 1.39. The van der Waals surface area contributed by atoms with Gasteiger partial charge in [-0.05, 0) is 31.1 Å². The second-order valence-electron chi connectivity index (χ2n) is 6.13. The van der Waals surface area contributed by atoms with E-state index in [1.807, 2.05) is 0 Å². The van der Waals surface area contributed by atoms with Gasteiger partial charge in [-0.25, -0.2) is 9.18 Å². The highest BCUT2D eigenvalue weighted by molar-refractivity contribution is 5.98. The molecular formula is C19H21FO7. The van der Waals surface area contributed by atoms with Crippen LogP contribution in [0, 0.1) is 0 Å². The fourth-order valence-corrected chi connectivity index (χ4v) is 2.53. The summed E-state index contributed by atoms with van der Waals surface area (Å²) in [5.41, 5.74) is 0.141. The summed E-state index contributed by atoms with van der Waals surface area (Å²) in [6.07, 6.45) is -0.929. The lowest BCUT2D eigenvalue weighted by atomic mass is 10.0. The number of rotatable bonds is 1. The van der Waals surface area contributed by atoms with E-state index in [1.165, 1.54) is 38.3 Å². The lowest BCUT2D eigenvalue weighted by molar-refractivity contribution is -0.130. The van der Waals surface area contributed by atoms with E-state index in [0.717, 1.165) is 6.08 Å². The Hall–Kier alpha value is -2.71. The van der Waals surface area contributed by atoms with Crippen LogP contribution in [-0.2, 0) is 9.53 Å². The molecule has 27 heavy (non-hydrogen) atoms. The highest BCUT2D eigenvalue weighted by Gasteiger charge is 2.27. The van der Waals surface area contributed by atoms with Gasteiger partial charge in [0.25, 0.3) is 0 Å². The first-order valence-corrected chi connectivity index (χ1v) is 8.29. The zero-order valence-electron chi connectivity index (χ0n) is 14.9. The zero-order chi connectivity index (χ0) is 20.1. The number of esters is 1. The van der Waals surface area contributed by atoms with Gasteiger partial charge in [0.05, 0.1) is 13.2 Å². The third-order valence-corrected chi connectivity index (χ3v) is 4.04. The van der Waals surface area contributed by atoms with Crippen LogP contribution in [0.15, 0.2) is 30.1 Å². The van der Waals surface area contributed by atoms with Crippen LogP contribution in [0.4, 0.5) is 4.39 Å². The molecule has 1 aromatic rings. The number of phenols is 1. The van der Waals surface area contributed by atoms with Crippen molar-refractivity contribution < 1.29 is 38.8 Å². The summed E-state index contributed by atoms with van der Waals surface area (Å²) < 4.78 is 24.1. The third-order valence-electron chi connectivity index (χ3n) is 4.04. The van der Waals surface area contributed by atoms with E-state index < -0.39 is 35.9 Å². The van der Waals surface area contributed by atoms with E-state index in [4.69, 9.17) is 9.47 Å². The van der Waals surface area contributed by atoms with Gasteiger partial charge in [-0.2, -0.15) is 0 Å². The Balaban J connectivity index is 2.48. The number of carbonyl (C=O) groups is 2. The minimum absolute atomic E-state index is 0.119. The Morgan fingerprint density at radius 3 is 2.59 bits per heavy atom. The Morgan fingerprint density at radius 1 is 1.22 bits per heavy atom. The molecule has 8 heteroatoms. The molecule has 0 aromatic heterocycles. The summed E-state index contributed by atoms with van der Waals surface area (Å²) >= 11 is 0. The predicted octanol–water partition coefficient (Wildman–Crippen LogP) is 1.90. The number of hydrogen-bond donors (Lipinski definition) is 3. The van der Waals surface area contributed by atoms with Crippen molar-refractivity contribution in [2.75, 3.05) is 7.11 Å². The lowest BCUT2D eigenvalue weighted by Crippen LogP contribution is -2.34. The summed E-state index contributed by atoms with van der Waals surface area (Å²) in [5.74, 6) is -3.38. The van der Waals surface area contributed by atoms with Crippen LogP contribution in [0.25, 0.3) is 6.08 Å². The monoisotopic (exact) mass is 380 g/mol. The molecule has 7 nitrogen and oxygen atoms in total. The minimum Gasteiger partial charge on any atom is -0.507 e. The number of methoxy groups -OCH3 is 1. The molecule has 0 amide bonds. The van der Waals surface area contributed by atoms with Crippen LogP contribution >= 0.6 is 0 Å². The van der Waals surface area contributed by atoms with E-state index in [2.05, 4.69) is 0 Å². The van der Waals surface area contributed by atoms with Crippen molar-refractivity contribution in [2.45, 2.75) is 38.1 Å². The van der Waals surface area contributed by atoms with E-state index in [-0.39, 0.29) is 29.7 Å². The molecule has 1 aliphatic rings. The number of fused-ring (bicyclic) bond motifs is 1. The van der Waals surface area contributed by atoms with E-state index in [9.17, 15) is 29.3 Å². The van der Waals surface area contributed by atoms with Crippen LogP contribution in [0.3, 0.4) is 0 Å². The zero-order valence-corrected chi connectivity index (χ0v) is 14.9. The molecule has 0 saturated heterocycles. The van der Waals surface area contributed by atoms with Crippen LogP contribution in [0.2, 0.25) is 0 Å². The van der Waals surface area contributed by atoms with Gasteiger partial charge in [0.2, 0.25) is 5.78 Å². The Bertz CT molecular complexity index is 785. The fraction of sp³-hybridized carbons (Fsp3) is 0.368. The average molecular weight is 380 g/mol. The first kappa shape index (κ1) is 20.6.